The van der Waals surface area contributed by atoms with Crippen molar-refractivity contribution in [3.8, 4) is 0 Å². The van der Waals surface area contributed by atoms with Crippen LogP contribution >= 0.6 is 0 Å². The van der Waals surface area contributed by atoms with Crippen molar-refractivity contribution >= 4 is 17.4 Å². The summed E-state index contributed by atoms with van der Waals surface area (Å²) in [6, 6.07) is 5.47. The first-order chi connectivity index (χ1) is 7.54. The van der Waals surface area contributed by atoms with E-state index in [1.807, 2.05) is 0 Å². The van der Waals surface area contributed by atoms with E-state index < -0.39 is 24.4 Å². The van der Waals surface area contributed by atoms with E-state index in [0.29, 0.717) is 0 Å². The lowest BCUT2D eigenvalue weighted by Gasteiger charge is -2.20. The Hall–Kier alpha value is -1.85. The van der Waals surface area contributed by atoms with Crippen LogP contribution in [0.1, 0.15) is 10.4 Å². The number of rotatable bonds is 2. The molecule has 3 nitrogen and oxygen atoms in total. The van der Waals surface area contributed by atoms with Crippen molar-refractivity contribution in [2.45, 2.75) is 12.7 Å². The Balaban J connectivity index is 2.49. The highest BCUT2D eigenvalue weighted by atomic mass is 19.3. The van der Waals surface area contributed by atoms with Crippen LogP contribution in [0.15, 0.2) is 24.3 Å². The van der Waals surface area contributed by atoms with Crippen LogP contribution in [0.25, 0.3) is 0 Å². The van der Waals surface area contributed by atoms with E-state index in [1.165, 1.54) is 24.3 Å². The molecule has 0 saturated carbocycles. The Bertz CT molecular complexity index is 461. The molecule has 1 aromatic rings. The zero-order chi connectivity index (χ0) is 11.9. The molecule has 16 heavy (non-hydrogen) atoms. The number of Topliss-reactive ketones (excluding diaryl/α,β-unsaturated/α-hetero) is 1. The molecule has 1 unspecified atom stereocenters. The van der Waals surface area contributed by atoms with Crippen molar-refractivity contribution in [3.05, 3.63) is 29.8 Å². The van der Waals surface area contributed by atoms with Crippen LogP contribution in [0, 0.1) is 0 Å². The number of carbonyl (C=O) groups is 2. The zero-order valence-corrected chi connectivity index (χ0v) is 7.86. The molecule has 1 amide bonds. The smallest absolute Gasteiger partial charge is 0.283 e. The maximum atomic E-state index is 13.1. The molecular weight excluding hydrogens is 223 g/mol. The Morgan fingerprint density at radius 3 is 2.31 bits per heavy atom. The molecule has 84 valence electrons. The summed E-state index contributed by atoms with van der Waals surface area (Å²) in [4.78, 5) is 22.8. The van der Waals surface area contributed by atoms with E-state index in [1.54, 1.807) is 0 Å². The molecule has 0 saturated heterocycles. The molecule has 1 atom stereocenters. The van der Waals surface area contributed by atoms with Crippen LogP contribution in [0.2, 0.25) is 0 Å². The van der Waals surface area contributed by atoms with Crippen LogP contribution < -0.4 is 4.90 Å². The molecule has 1 aliphatic rings. The van der Waals surface area contributed by atoms with Crippen molar-refractivity contribution < 1.29 is 22.8 Å². The van der Waals surface area contributed by atoms with Gasteiger partial charge in [-0.3, -0.25) is 14.5 Å². The average molecular weight is 229 g/mol. The maximum Gasteiger partial charge on any atom is 0.301 e. The van der Waals surface area contributed by atoms with Gasteiger partial charge in [-0.2, -0.15) is 0 Å². The molecular formula is C10H6F3NO2. The number of para-hydroxylation sites is 1. The Kier molecular flexibility index (Phi) is 2.41. The number of hydrogen-bond donors (Lipinski definition) is 0. The molecule has 0 radical (unpaired) electrons. The largest absolute Gasteiger partial charge is 0.301 e. The summed E-state index contributed by atoms with van der Waals surface area (Å²) < 4.78 is 37.5. The summed E-state index contributed by atoms with van der Waals surface area (Å²) in [6.45, 7) is 0. The van der Waals surface area contributed by atoms with Gasteiger partial charge in [0.25, 0.3) is 12.2 Å². The number of amides is 1. The van der Waals surface area contributed by atoms with Crippen LogP contribution in [0.5, 0.6) is 0 Å². The highest BCUT2D eigenvalue weighted by Crippen LogP contribution is 2.32. The van der Waals surface area contributed by atoms with E-state index in [2.05, 4.69) is 0 Å². The van der Waals surface area contributed by atoms with Crippen LogP contribution in [-0.2, 0) is 4.79 Å². The first-order valence-electron chi connectivity index (χ1n) is 4.43. The topological polar surface area (TPSA) is 37.4 Å². The second kappa shape index (κ2) is 3.62. The van der Waals surface area contributed by atoms with Gasteiger partial charge in [-0.05, 0) is 12.1 Å². The lowest BCUT2D eigenvalue weighted by molar-refractivity contribution is -0.116. The van der Waals surface area contributed by atoms with E-state index in [0.717, 1.165) is 0 Å². The molecule has 1 aliphatic heterocycles. The lowest BCUT2D eigenvalue weighted by Crippen LogP contribution is -2.40. The Labute approximate surface area is 88.5 Å². The van der Waals surface area contributed by atoms with Gasteiger partial charge in [0.2, 0.25) is 6.30 Å². The van der Waals surface area contributed by atoms with Gasteiger partial charge in [-0.25, -0.2) is 13.2 Å². The van der Waals surface area contributed by atoms with Crippen LogP contribution in [0.3, 0.4) is 0 Å². The molecule has 1 heterocycles. The summed E-state index contributed by atoms with van der Waals surface area (Å²) in [5.74, 6) is -2.21. The van der Waals surface area contributed by atoms with Crippen molar-refractivity contribution in [3.63, 3.8) is 0 Å². The molecule has 0 bridgehead atoms. The molecule has 0 fully saturated rings. The molecule has 2 rings (SSSR count). The molecule has 1 aromatic carbocycles. The van der Waals surface area contributed by atoms with Crippen LogP contribution in [-0.4, -0.2) is 24.4 Å². The third-order valence-corrected chi connectivity index (χ3v) is 2.28. The highest BCUT2D eigenvalue weighted by molar-refractivity contribution is 6.52. The number of ketones is 1. The van der Waals surface area contributed by atoms with Crippen molar-refractivity contribution in [1.82, 2.24) is 0 Å². The fraction of sp³-hybridized carbons (Fsp3) is 0.200. The first kappa shape index (κ1) is 10.7. The van der Waals surface area contributed by atoms with Gasteiger partial charge in [0.05, 0.1) is 11.3 Å². The normalized spacial score (nSPS) is 16.9. The number of benzene rings is 1. The number of anilines is 1. The monoisotopic (exact) mass is 229 g/mol. The van der Waals surface area contributed by atoms with Crippen molar-refractivity contribution in [2.75, 3.05) is 4.90 Å². The van der Waals surface area contributed by atoms with Crippen LogP contribution in [0.4, 0.5) is 18.9 Å². The lowest BCUT2D eigenvalue weighted by atomic mass is 10.1. The van der Waals surface area contributed by atoms with Gasteiger partial charge in [0, 0.05) is 0 Å². The van der Waals surface area contributed by atoms with E-state index in [4.69, 9.17) is 0 Å². The third kappa shape index (κ3) is 1.37. The average Bonchev–Trinajstić information content (AvgIpc) is 2.52. The SMILES string of the molecule is O=C1C(=O)N(C(F)C(F)F)c2ccccc21. The van der Waals surface area contributed by atoms with E-state index in [9.17, 15) is 22.8 Å². The Morgan fingerprint density at radius 2 is 1.69 bits per heavy atom. The van der Waals surface area contributed by atoms with Gasteiger partial charge in [0.1, 0.15) is 0 Å². The highest BCUT2D eigenvalue weighted by Gasteiger charge is 2.43. The minimum absolute atomic E-state index is 0.0456. The second-order valence-corrected chi connectivity index (χ2v) is 3.23. The fourth-order valence-electron chi connectivity index (χ4n) is 1.57. The third-order valence-electron chi connectivity index (χ3n) is 2.28. The maximum absolute atomic E-state index is 13.1. The van der Waals surface area contributed by atoms with Gasteiger partial charge in [-0.15, -0.1) is 0 Å². The molecule has 0 aromatic heterocycles. The first-order valence-corrected chi connectivity index (χ1v) is 4.43. The molecule has 0 aliphatic carbocycles. The summed E-state index contributed by atoms with van der Waals surface area (Å²) >= 11 is 0. The zero-order valence-electron chi connectivity index (χ0n) is 7.86. The number of fused-ring (bicyclic) bond motifs is 1. The van der Waals surface area contributed by atoms with Crippen molar-refractivity contribution in [2.24, 2.45) is 0 Å². The number of halogens is 3. The second-order valence-electron chi connectivity index (χ2n) is 3.23. The minimum Gasteiger partial charge on any atom is -0.283 e. The minimum atomic E-state index is -3.34. The predicted molar refractivity (Wildman–Crippen MR) is 49.2 cm³/mol. The van der Waals surface area contributed by atoms with Gasteiger partial charge >= 0.3 is 5.91 Å². The van der Waals surface area contributed by atoms with Crippen molar-refractivity contribution in [1.29, 1.82) is 0 Å². The molecule has 6 heteroatoms. The summed E-state index contributed by atoms with van der Waals surface area (Å²) in [5, 5.41) is 0. The van der Waals surface area contributed by atoms with Gasteiger partial charge < -0.3 is 0 Å². The number of nitrogens with zero attached hydrogens (tertiary/aromatic N) is 1. The van der Waals surface area contributed by atoms with E-state index in [-0.39, 0.29) is 16.2 Å². The number of alkyl halides is 3. The number of carbonyl (C=O) groups excluding carboxylic acids is 2. The summed E-state index contributed by atoms with van der Waals surface area (Å²) in [6.07, 6.45) is -6.14. The summed E-state index contributed by atoms with van der Waals surface area (Å²) in [5.41, 5.74) is -0.152. The Morgan fingerprint density at radius 1 is 1.06 bits per heavy atom. The quantitative estimate of drug-likeness (QED) is 0.572. The molecule has 0 spiro atoms. The predicted octanol–water partition coefficient (Wildman–Crippen LogP) is 1.78. The standard InChI is InChI=1S/C10H6F3NO2/c11-8(12)9(13)14-6-4-2-1-3-5(6)7(15)10(14)16/h1-4,8-9H. The van der Waals surface area contributed by atoms with E-state index >= 15 is 0 Å². The number of hydrogen-bond acceptors (Lipinski definition) is 2. The van der Waals surface area contributed by atoms with Gasteiger partial charge in [0.15, 0.2) is 0 Å². The fourth-order valence-corrected chi connectivity index (χ4v) is 1.57. The summed E-state index contributed by atoms with van der Waals surface area (Å²) in [7, 11) is 0. The molecule has 0 N–H and O–H groups in total. The van der Waals surface area contributed by atoms with Gasteiger partial charge in [-0.1, -0.05) is 12.1 Å².